The monoisotopic (exact) mass is 219 g/mol. The minimum absolute atomic E-state index is 0.516. The van der Waals surface area contributed by atoms with Crippen LogP contribution >= 0.6 is 0 Å². The van der Waals surface area contributed by atoms with Gasteiger partial charge in [-0.25, -0.2) is 0 Å². The third kappa shape index (κ3) is 2.46. The first-order valence-electron chi connectivity index (χ1n) is 5.27. The number of nitriles is 1. The molecule has 0 aliphatic carbocycles. The molecule has 0 fully saturated rings. The lowest BCUT2D eigenvalue weighted by Crippen LogP contribution is -2.13. The Hall–Kier alpha value is -1.69. The van der Waals surface area contributed by atoms with Crippen LogP contribution in [-0.2, 0) is 5.41 Å². The van der Waals surface area contributed by atoms with E-state index in [-0.39, 0.29) is 0 Å². The molecule has 0 atom stereocenters. The van der Waals surface area contributed by atoms with E-state index in [1.807, 2.05) is 39.0 Å². The number of nitrogens with zero attached hydrogens (tertiary/aromatic N) is 1. The van der Waals surface area contributed by atoms with Crippen molar-refractivity contribution in [1.29, 1.82) is 5.26 Å². The fourth-order valence-electron chi connectivity index (χ4n) is 1.40. The maximum absolute atomic E-state index is 9.06. The van der Waals surface area contributed by atoms with E-state index in [9.17, 15) is 0 Å². The van der Waals surface area contributed by atoms with Gasteiger partial charge in [0.15, 0.2) is 11.5 Å². The van der Waals surface area contributed by atoms with Gasteiger partial charge in [0.2, 0.25) is 0 Å². The second-order valence-electron chi connectivity index (χ2n) is 4.04. The van der Waals surface area contributed by atoms with Gasteiger partial charge in [-0.1, -0.05) is 6.07 Å². The van der Waals surface area contributed by atoms with Crippen molar-refractivity contribution in [2.75, 3.05) is 13.7 Å². The van der Waals surface area contributed by atoms with Crippen LogP contribution in [0.2, 0.25) is 0 Å². The van der Waals surface area contributed by atoms with Crippen molar-refractivity contribution in [1.82, 2.24) is 0 Å². The third-order valence-electron chi connectivity index (χ3n) is 2.46. The zero-order valence-electron chi connectivity index (χ0n) is 10.2. The topological polar surface area (TPSA) is 42.2 Å². The molecule has 3 nitrogen and oxygen atoms in total. The normalized spacial score (nSPS) is 10.7. The van der Waals surface area contributed by atoms with Crippen LogP contribution in [0.5, 0.6) is 11.5 Å². The lowest BCUT2D eigenvalue weighted by atomic mass is 9.86. The smallest absolute Gasteiger partial charge is 0.161 e. The first-order valence-corrected chi connectivity index (χ1v) is 5.27. The molecule has 0 spiro atoms. The molecule has 86 valence electrons. The van der Waals surface area contributed by atoms with Gasteiger partial charge in [-0.2, -0.15) is 5.26 Å². The summed E-state index contributed by atoms with van der Waals surface area (Å²) in [5.41, 5.74) is 0.410. The fraction of sp³-hybridized carbons (Fsp3) is 0.462. The minimum Gasteiger partial charge on any atom is -0.493 e. The lowest BCUT2D eigenvalue weighted by Gasteiger charge is -2.18. The average molecular weight is 219 g/mol. The molecular weight excluding hydrogens is 202 g/mol. The van der Waals surface area contributed by atoms with Crippen molar-refractivity contribution >= 4 is 0 Å². The molecule has 0 N–H and O–H groups in total. The quantitative estimate of drug-likeness (QED) is 0.782. The van der Waals surface area contributed by atoms with E-state index in [4.69, 9.17) is 14.7 Å². The summed E-state index contributed by atoms with van der Waals surface area (Å²) in [5, 5.41) is 9.06. The number of rotatable bonds is 4. The Morgan fingerprint density at radius 3 is 2.50 bits per heavy atom. The Bertz CT molecular complexity index is 405. The van der Waals surface area contributed by atoms with Crippen LogP contribution in [0.3, 0.4) is 0 Å². The highest BCUT2D eigenvalue weighted by Crippen LogP contribution is 2.32. The highest BCUT2D eigenvalue weighted by molar-refractivity contribution is 5.46. The van der Waals surface area contributed by atoms with Crippen LogP contribution in [0.1, 0.15) is 26.3 Å². The van der Waals surface area contributed by atoms with E-state index < -0.39 is 5.41 Å². The molecule has 0 saturated carbocycles. The molecule has 1 rings (SSSR count). The van der Waals surface area contributed by atoms with Crippen LogP contribution < -0.4 is 9.47 Å². The second-order valence-corrected chi connectivity index (χ2v) is 4.04. The molecule has 0 amide bonds. The van der Waals surface area contributed by atoms with Crippen molar-refractivity contribution in [2.45, 2.75) is 26.2 Å². The predicted octanol–water partition coefficient (Wildman–Crippen LogP) is 2.90. The van der Waals surface area contributed by atoms with E-state index in [1.165, 1.54) is 0 Å². The lowest BCUT2D eigenvalue weighted by molar-refractivity contribution is 0.310. The molecule has 0 unspecified atom stereocenters. The van der Waals surface area contributed by atoms with Crippen LogP contribution in [-0.4, -0.2) is 13.7 Å². The van der Waals surface area contributed by atoms with E-state index in [2.05, 4.69) is 6.07 Å². The minimum atomic E-state index is -0.516. The maximum Gasteiger partial charge on any atom is 0.161 e. The van der Waals surface area contributed by atoms with Gasteiger partial charge in [-0.05, 0) is 38.5 Å². The standard InChI is InChI=1S/C13H17NO2/c1-5-16-11-7-6-10(8-12(11)15-4)13(2,3)9-14/h6-8H,5H2,1-4H3. The van der Waals surface area contributed by atoms with E-state index in [1.54, 1.807) is 7.11 Å². The number of benzene rings is 1. The highest BCUT2D eigenvalue weighted by atomic mass is 16.5. The first-order chi connectivity index (χ1) is 7.55. The summed E-state index contributed by atoms with van der Waals surface area (Å²) in [7, 11) is 1.60. The van der Waals surface area contributed by atoms with E-state index >= 15 is 0 Å². The van der Waals surface area contributed by atoms with Crippen molar-refractivity contribution in [3.05, 3.63) is 23.8 Å². The predicted molar refractivity (Wildman–Crippen MR) is 62.8 cm³/mol. The molecule has 1 aromatic rings. The van der Waals surface area contributed by atoms with Gasteiger partial charge < -0.3 is 9.47 Å². The van der Waals surface area contributed by atoms with Crippen molar-refractivity contribution in [3.8, 4) is 17.6 Å². The van der Waals surface area contributed by atoms with Crippen molar-refractivity contribution in [3.63, 3.8) is 0 Å². The van der Waals surface area contributed by atoms with Crippen LogP contribution in [0, 0.1) is 11.3 Å². The summed E-state index contributed by atoms with van der Waals surface area (Å²) in [4.78, 5) is 0. The molecule has 1 aromatic carbocycles. The summed E-state index contributed by atoms with van der Waals surface area (Å²) in [6.45, 7) is 6.27. The second kappa shape index (κ2) is 4.89. The Labute approximate surface area is 96.6 Å². The summed E-state index contributed by atoms with van der Waals surface area (Å²) in [5.74, 6) is 1.38. The Morgan fingerprint density at radius 2 is 2.00 bits per heavy atom. The van der Waals surface area contributed by atoms with Gasteiger partial charge in [0, 0.05) is 0 Å². The number of ether oxygens (including phenoxy) is 2. The van der Waals surface area contributed by atoms with E-state index in [0.717, 1.165) is 5.56 Å². The maximum atomic E-state index is 9.06. The summed E-state index contributed by atoms with van der Waals surface area (Å²) >= 11 is 0. The SMILES string of the molecule is CCOc1ccc(C(C)(C)C#N)cc1OC. The molecule has 0 aliphatic heterocycles. The summed E-state index contributed by atoms with van der Waals surface area (Å²) < 4.78 is 10.7. The van der Waals surface area contributed by atoms with Gasteiger partial charge in [0.1, 0.15) is 0 Å². The molecule has 0 heterocycles. The Balaban J connectivity index is 3.15. The first kappa shape index (κ1) is 12.4. The Kier molecular flexibility index (Phi) is 3.78. The summed E-state index contributed by atoms with van der Waals surface area (Å²) in [6.07, 6.45) is 0. The molecule has 0 bridgehead atoms. The number of hydrogen-bond donors (Lipinski definition) is 0. The van der Waals surface area contributed by atoms with Gasteiger partial charge in [0.05, 0.1) is 25.2 Å². The van der Waals surface area contributed by atoms with Gasteiger partial charge in [-0.15, -0.1) is 0 Å². The zero-order valence-corrected chi connectivity index (χ0v) is 10.2. The van der Waals surface area contributed by atoms with Crippen LogP contribution in [0.4, 0.5) is 0 Å². The summed E-state index contributed by atoms with van der Waals surface area (Å²) in [6, 6.07) is 7.86. The van der Waals surface area contributed by atoms with Crippen LogP contribution in [0.25, 0.3) is 0 Å². The number of hydrogen-bond acceptors (Lipinski definition) is 3. The molecule has 0 radical (unpaired) electrons. The average Bonchev–Trinajstić information content (AvgIpc) is 2.29. The molecule has 0 aliphatic rings. The Morgan fingerprint density at radius 1 is 1.31 bits per heavy atom. The van der Waals surface area contributed by atoms with Crippen molar-refractivity contribution < 1.29 is 9.47 Å². The van der Waals surface area contributed by atoms with E-state index in [0.29, 0.717) is 18.1 Å². The molecule has 0 saturated heterocycles. The molecule has 3 heteroatoms. The van der Waals surface area contributed by atoms with Gasteiger partial charge in [-0.3, -0.25) is 0 Å². The zero-order chi connectivity index (χ0) is 12.2. The molecule has 16 heavy (non-hydrogen) atoms. The van der Waals surface area contributed by atoms with Crippen molar-refractivity contribution in [2.24, 2.45) is 0 Å². The fourth-order valence-corrected chi connectivity index (χ4v) is 1.40. The number of methoxy groups -OCH3 is 1. The largest absolute Gasteiger partial charge is 0.493 e. The molecular formula is C13H17NO2. The highest BCUT2D eigenvalue weighted by Gasteiger charge is 2.21. The van der Waals surface area contributed by atoms with Gasteiger partial charge >= 0.3 is 0 Å². The molecule has 0 aromatic heterocycles. The van der Waals surface area contributed by atoms with Crippen LogP contribution in [0.15, 0.2) is 18.2 Å². The van der Waals surface area contributed by atoms with Gasteiger partial charge in [0.25, 0.3) is 0 Å². The third-order valence-corrected chi connectivity index (χ3v) is 2.46.